The fourth-order valence-electron chi connectivity index (χ4n) is 2.58. The molecule has 0 aliphatic heterocycles. The highest BCUT2D eigenvalue weighted by atomic mass is 15.1. The molecule has 2 aromatic rings. The maximum Gasteiger partial charge on any atom is 0.224 e. The molecule has 0 bridgehead atoms. The molecule has 2 N–H and O–H groups in total. The van der Waals surface area contributed by atoms with E-state index in [4.69, 9.17) is 0 Å². The van der Waals surface area contributed by atoms with Gasteiger partial charge in [0, 0.05) is 18.5 Å². The summed E-state index contributed by atoms with van der Waals surface area (Å²) >= 11 is 0. The Bertz CT molecular complexity index is 568. The van der Waals surface area contributed by atoms with Crippen LogP contribution >= 0.6 is 0 Å². The molecule has 4 heteroatoms. The minimum Gasteiger partial charge on any atom is -0.367 e. The van der Waals surface area contributed by atoms with Crippen LogP contribution in [0.3, 0.4) is 0 Å². The molecule has 0 aliphatic carbocycles. The molecular formula is C17H26N4. The third kappa shape index (κ3) is 4.06. The van der Waals surface area contributed by atoms with E-state index in [-0.39, 0.29) is 0 Å². The van der Waals surface area contributed by atoms with Gasteiger partial charge in [-0.15, -0.1) is 0 Å². The SMILES string of the molecule is CCCCC(CCC)Nc1nc(NC)nc2ccccc12. The smallest absolute Gasteiger partial charge is 0.224 e. The predicted octanol–water partition coefficient (Wildman–Crippen LogP) is 4.44. The van der Waals surface area contributed by atoms with E-state index in [1.807, 2.05) is 25.2 Å². The maximum absolute atomic E-state index is 4.62. The van der Waals surface area contributed by atoms with Gasteiger partial charge in [0.25, 0.3) is 0 Å². The molecule has 0 amide bonds. The maximum atomic E-state index is 4.62. The van der Waals surface area contributed by atoms with E-state index < -0.39 is 0 Å². The van der Waals surface area contributed by atoms with E-state index in [1.165, 1.54) is 32.1 Å². The second kappa shape index (κ2) is 7.81. The molecule has 4 nitrogen and oxygen atoms in total. The topological polar surface area (TPSA) is 49.8 Å². The average Bonchev–Trinajstić information content (AvgIpc) is 2.52. The highest BCUT2D eigenvalue weighted by Gasteiger charge is 2.12. The zero-order valence-corrected chi connectivity index (χ0v) is 13.3. The van der Waals surface area contributed by atoms with Crippen LogP contribution in [0.4, 0.5) is 11.8 Å². The van der Waals surface area contributed by atoms with Gasteiger partial charge >= 0.3 is 0 Å². The second-order valence-corrected chi connectivity index (χ2v) is 5.44. The van der Waals surface area contributed by atoms with Gasteiger partial charge in [0.15, 0.2) is 0 Å². The molecule has 21 heavy (non-hydrogen) atoms. The number of benzene rings is 1. The number of nitrogens with one attached hydrogen (secondary N) is 2. The zero-order chi connectivity index (χ0) is 15.1. The largest absolute Gasteiger partial charge is 0.367 e. The Labute approximate surface area is 127 Å². The van der Waals surface area contributed by atoms with Gasteiger partial charge in [-0.1, -0.05) is 45.2 Å². The Kier molecular flexibility index (Phi) is 5.78. The highest BCUT2D eigenvalue weighted by Crippen LogP contribution is 2.24. The van der Waals surface area contributed by atoms with Crippen molar-refractivity contribution in [2.45, 2.75) is 52.0 Å². The molecule has 2 rings (SSSR count). The van der Waals surface area contributed by atoms with Gasteiger partial charge in [0.2, 0.25) is 5.95 Å². The fraction of sp³-hybridized carbons (Fsp3) is 0.529. The van der Waals surface area contributed by atoms with Gasteiger partial charge in [0.05, 0.1) is 5.52 Å². The Hall–Kier alpha value is -1.84. The second-order valence-electron chi connectivity index (χ2n) is 5.44. The van der Waals surface area contributed by atoms with Crippen LogP contribution in [-0.4, -0.2) is 23.1 Å². The lowest BCUT2D eigenvalue weighted by Crippen LogP contribution is -2.20. The number of aromatic nitrogens is 2. The molecule has 0 radical (unpaired) electrons. The number of para-hydroxylation sites is 1. The number of unbranched alkanes of at least 4 members (excludes halogenated alkanes) is 1. The minimum absolute atomic E-state index is 0.484. The molecule has 0 saturated heterocycles. The van der Waals surface area contributed by atoms with Crippen LogP contribution in [-0.2, 0) is 0 Å². The van der Waals surface area contributed by atoms with Crippen molar-refractivity contribution in [3.05, 3.63) is 24.3 Å². The standard InChI is InChI=1S/C17H26N4/c1-4-6-10-13(9-5-2)19-16-14-11-7-8-12-15(14)20-17(18-3)21-16/h7-8,11-13H,4-6,9-10H2,1-3H3,(H2,18,19,20,21). The van der Waals surface area contributed by atoms with Crippen LogP contribution in [0.5, 0.6) is 0 Å². The monoisotopic (exact) mass is 286 g/mol. The molecular weight excluding hydrogens is 260 g/mol. The van der Waals surface area contributed by atoms with Crippen molar-refractivity contribution in [3.8, 4) is 0 Å². The van der Waals surface area contributed by atoms with Crippen molar-refractivity contribution in [1.82, 2.24) is 9.97 Å². The first kappa shape index (κ1) is 15.5. The van der Waals surface area contributed by atoms with Crippen molar-refractivity contribution in [2.75, 3.05) is 17.7 Å². The van der Waals surface area contributed by atoms with Crippen LogP contribution < -0.4 is 10.6 Å². The lowest BCUT2D eigenvalue weighted by atomic mass is 10.0. The molecule has 0 fully saturated rings. The van der Waals surface area contributed by atoms with E-state index in [0.29, 0.717) is 12.0 Å². The van der Waals surface area contributed by atoms with Gasteiger partial charge in [-0.25, -0.2) is 4.98 Å². The van der Waals surface area contributed by atoms with Crippen molar-refractivity contribution in [2.24, 2.45) is 0 Å². The Morgan fingerprint density at radius 2 is 1.86 bits per heavy atom. The first-order valence-corrected chi connectivity index (χ1v) is 7.99. The summed E-state index contributed by atoms with van der Waals surface area (Å²) in [4.78, 5) is 9.12. The van der Waals surface area contributed by atoms with E-state index in [0.717, 1.165) is 16.7 Å². The Balaban J connectivity index is 2.29. The van der Waals surface area contributed by atoms with E-state index in [9.17, 15) is 0 Å². The number of hydrogen-bond acceptors (Lipinski definition) is 4. The number of rotatable bonds is 8. The molecule has 1 unspecified atom stereocenters. The summed E-state index contributed by atoms with van der Waals surface area (Å²) in [5, 5.41) is 7.78. The number of fused-ring (bicyclic) bond motifs is 1. The van der Waals surface area contributed by atoms with Crippen LogP contribution in [0, 0.1) is 0 Å². The summed E-state index contributed by atoms with van der Waals surface area (Å²) in [5.41, 5.74) is 0.977. The molecule has 1 atom stereocenters. The fourth-order valence-corrected chi connectivity index (χ4v) is 2.58. The van der Waals surface area contributed by atoms with Gasteiger partial charge in [0.1, 0.15) is 5.82 Å². The van der Waals surface area contributed by atoms with E-state index in [2.05, 4.69) is 40.5 Å². The Morgan fingerprint density at radius 1 is 1.05 bits per heavy atom. The average molecular weight is 286 g/mol. The minimum atomic E-state index is 0.484. The third-order valence-electron chi connectivity index (χ3n) is 3.71. The molecule has 0 aliphatic rings. The third-order valence-corrected chi connectivity index (χ3v) is 3.71. The van der Waals surface area contributed by atoms with Gasteiger partial charge < -0.3 is 10.6 Å². The summed E-state index contributed by atoms with van der Waals surface area (Å²) < 4.78 is 0. The van der Waals surface area contributed by atoms with E-state index in [1.54, 1.807) is 0 Å². The van der Waals surface area contributed by atoms with Crippen molar-refractivity contribution in [1.29, 1.82) is 0 Å². The quantitative estimate of drug-likeness (QED) is 0.753. The zero-order valence-electron chi connectivity index (χ0n) is 13.3. The van der Waals surface area contributed by atoms with Crippen LogP contribution in [0.25, 0.3) is 10.9 Å². The van der Waals surface area contributed by atoms with Crippen LogP contribution in [0.15, 0.2) is 24.3 Å². The molecule has 1 aromatic heterocycles. The molecule has 0 saturated carbocycles. The van der Waals surface area contributed by atoms with E-state index >= 15 is 0 Å². The molecule has 0 spiro atoms. The van der Waals surface area contributed by atoms with Crippen LogP contribution in [0.2, 0.25) is 0 Å². The van der Waals surface area contributed by atoms with Gasteiger partial charge in [-0.3, -0.25) is 0 Å². The van der Waals surface area contributed by atoms with Crippen LogP contribution in [0.1, 0.15) is 46.0 Å². The van der Waals surface area contributed by atoms with Crippen molar-refractivity contribution in [3.63, 3.8) is 0 Å². The lowest BCUT2D eigenvalue weighted by molar-refractivity contribution is 0.563. The van der Waals surface area contributed by atoms with Crippen molar-refractivity contribution < 1.29 is 0 Å². The first-order valence-electron chi connectivity index (χ1n) is 7.99. The first-order chi connectivity index (χ1) is 10.3. The number of nitrogens with zero attached hydrogens (tertiary/aromatic N) is 2. The number of hydrogen-bond donors (Lipinski definition) is 2. The number of anilines is 2. The summed E-state index contributed by atoms with van der Waals surface area (Å²) in [5.74, 6) is 1.61. The summed E-state index contributed by atoms with van der Waals surface area (Å²) in [7, 11) is 1.86. The normalized spacial score (nSPS) is 12.3. The molecule has 1 aromatic carbocycles. The lowest BCUT2D eigenvalue weighted by Gasteiger charge is -2.20. The summed E-state index contributed by atoms with van der Waals surface area (Å²) in [6, 6.07) is 8.65. The summed E-state index contributed by atoms with van der Waals surface area (Å²) in [6.07, 6.45) is 6.03. The Morgan fingerprint density at radius 3 is 2.57 bits per heavy atom. The summed E-state index contributed by atoms with van der Waals surface area (Å²) in [6.45, 7) is 4.47. The highest BCUT2D eigenvalue weighted by molar-refractivity contribution is 5.90. The molecule has 114 valence electrons. The molecule has 1 heterocycles. The van der Waals surface area contributed by atoms with Crippen molar-refractivity contribution >= 4 is 22.7 Å². The van der Waals surface area contributed by atoms with Gasteiger partial charge in [-0.2, -0.15) is 4.98 Å². The predicted molar refractivity (Wildman–Crippen MR) is 90.9 cm³/mol. The van der Waals surface area contributed by atoms with Gasteiger partial charge in [-0.05, 0) is 25.0 Å².